The molecule has 2 heterocycles. The van der Waals surface area contributed by atoms with E-state index in [4.69, 9.17) is 4.74 Å². The number of benzene rings is 1. The normalized spacial score (nSPS) is 21.8. The highest BCUT2D eigenvalue weighted by atomic mass is 19.4. The van der Waals surface area contributed by atoms with Gasteiger partial charge in [0.05, 0.1) is 18.4 Å². The molecule has 1 aromatic heterocycles. The van der Waals surface area contributed by atoms with Crippen molar-refractivity contribution >= 4 is 5.91 Å². The molecular formula is C14H14F3N5O2. The largest absolute Gasteiger partial charge is 0.411 e. The summed E-state index contributed by atoms with van der Waals surface area (Å²) in [5, 5.41) is 10.7. The highest BCUT2D eigenvalue weighted by Gasteiger charge is 2.50. The maximum absolute atomic E-state index is 13.3. The molecule has 0 N–H and O–H groups in total. The number of morpholine rings is 1. The second-order valence-corrected chi connectivity index (χ2v) is 5.37. The Hall–Kier alpha value is -2.49. The summed E-state index contributed by atoms with van der Waals surface area (Å²) >= 11 is 0. The van der Waals surface area contributed by atoms with E-state index < -0.39 is 24.2 Å². The van der Waals surface area contributed by atoms with Gasteiger partial charge in [-0.25, -0.2) is 4.68 Å². The average molecular weight is 341 g/mol. The smallest absolute Gasteiger partial charge is 0.374 e. The molecule has 1 amide bonds. The second kappa shape index (κ2) is 6.19. The van der Waals surface area contributed by atoms with Crippen LogP contribution in [0.1, 0.15) is 17.3 Å². The van der Waals surface area contributed by atoms with Crippen LogP contribution in [-0.4, -0.2) is 62.5 Å². The summed E-state index contributed by atoms with van der Waals surface area (Å²) in [6.07, 6.45) is -4.35. The summed E-state index contributed by atoms with van der Waals surface area (Å²) < 4.78 is 46.3. The van der Waals surface area contributed by atoms with Crippen LogP contribution in [0, 0.1) is 0 Å². The number of hydrogen-bond acceptors (Lipinski definition) is 5. The van der Waals surface area contributed by atoms with Crippen molar-refractivity contribution in [1.82, 2.24) is 25.1 Å². The van der Waals surface area contributed by atoms with E-state index in [1.54, 1.807) is 12.1 Å². The van der Waals surface area contributed by atoms with E-state index in [9.17, 15) is 18.0 Å². The Morgan fingerprint density at radius 2 is 2.17 bits per heavy atom. The minimum Gasteiger partial charge on any atom is -0.374 e. The van der Waals surface area contributed by atoms with Gasteiger partial charge in [-0.2, -0.15) is 13.2 Å². The first kappa shape index (κ1) is 16.4. The number of carbonyl (C=O) groups excluding carboxylic acids is 1. The fraction of sp³-hybridized carbons (Fsp3) is 0.429. The lowest BCUT2D eigenvalue weighted by Gasteiger charge is -2.40. The molecule has 10 heteroatoms. The van der Waals surface area contributed by atoms with Crippen molar-refractivity contribution in [3.8, 4) is 5.69 Å². The average Bonchev–Trinajstić information content (AvgIpc) is 3.07. The lowest BCUT2D eigenvalue weighted by Crippen LogP contribution is -2.59. The number of aromatic nitrogens is 4. The molecule has 1 fully saturated rings. The zero-order valence-corrected chi connectivity index (χ0v) is 12.6. The summed E-state index contributed by atoms with van der Waals surface area (Å²) in [5.41, 5.74) is 0.613. The Kier molecular flexibility index (Phi) is 4.22. The molecule has 0 spiro atoms. The third-order valence-electron chi connectivity index (χ3n) is 3.80. The van der Waals surface area contributed by atoms with Crippen LogP contribution in [0.3, 0.4) is 0 Å². The molecule has 128 valence electrons. The van der Waals surface area contributed by atoms with Crippen LogP contribution in [-0.2, 0) is 4.74 Å². The van der Waals surface area contributed by atoms with Gasteiger partial charge in [-0.3, -0.25) is 4.79 Å². The van der Waals surface area contributed by atoms with Crippen molar-refractivity contribution in [2.24, 2.45) is 0 Å². The number of tetrazole rings is 1. The molecule has 1 saturated heterocycles. The number of nitrogens with zero attached hydrogens (tertiary/aromatic N) is 5. The molecule has 1 aliphatic heterocycles. The molecule has 1 aliphatic rings. The van der Waals surface area contributed by atoms with Crippen LogP contribution < -0.4 is 0 Å². The van der Waals surface area contributed by atoms with Gasteiger partial charge < -0.3 is 9.64 Å². The zero-order valence-electron chi connectivity index (χ0n) is 12.6. The third-order valence-corrected chi connectivity index (χ3v) is 3.80. The van der Waals surface area contributed by atoms with E-state index in [0.29, 0.717) is 5.69 Å². The van der Waals surface area contributed by atoms with Gasteiger partial charge in [0.15, 0.2) is 6.04 Å². The van der Waals surface area contributed by atoms with Gasteiger partial charge >= 0.3 is 6.18 Å². The molecule has 2 atom stereocenters. The lowest BCUT2D eigenvalue weighted by atomic mass is 10.1. The number of alkyl halides is 3. The van der Waals surface area contributed by atoms with Gasteiger partial charge in [-0.1, -0.05) is 6.07 Å². The first-order valence-electron chi connectivity index (χ1n) is 7.20. The van der Waals surface area contributed by atoms with E-state index in [-0.39, 0.29) is 18.7 Å². The fourth-order valence-corrected chi connectivity index (χ4v) is 2.72. The second-order valence-electron chi connectivity index (χ2n) is 5.37. The predicted molar refractivity (Wildman–Crippen MR) is 75.4 cm³/mol. The van der Waals surface area contributed by atoms with Gasteiger partial charge in [0.25, 0.3) is 5.91 Å². The van der Waals surface area contributed by atoms with E-state index >= 15 is 0 Å². The standard InChI is InChI=1S/C14H14F3N5O2/c1-9-12(14(15,16)17)21(5-6-24-9)13(23)10-3-2-4-11(7-10)22-8-18-19-20-22/h2-4,7-9,12H,5-6H2,1H3/t9-,12-/m0/s1. The van der Waals surface area contributed by atoms with Crippen LogP contribution >= 0.6 is 0 Å². The molecule has 2 aromatic rings. The van der Waals surface area contributed by atoms with Gasteiger partial charge in [0.2, 0.25) is 0 Å². The SMILES string of the molecule is C[C@@H]1OCCN(C(=O)c2cccc(-n3cnnn3)c2)[C@@H]1C(F)(F)F. The van der Waals surface area contributed by atoms with Crippen molar-refractivity contribution in [3.05, 3.63) is 36.2 Å². The molecule has 0 aliphatic carbocycles. The fourth-order valence-electron chi connectivity index (χ4n) is 2.72. The van der Waals surface area contributed by atoms with Crippen molar-refractivity contribution < 1.29 is 22.7 Å². The minimum absolute atomic E-state index is 0.0617. The molecule has 0 radical (unpaired) electrons. The summed E-state index contributed by atoms with van der Waals surface area (Å²) in [5.74, 6) is -0.706. The van der Waals surface area contributed by atoms with Crippen LogP contribution in [0.15, 0.2) is 30.6 Å². The number of carbonyl (C=O) groups is 1. The monoisotopic (exact) mass is 341 g/mol. The first-order chi connectivity index (χ1) is 11.4. The third kappa shape index (κ3) is 3.09. The maximum atomic E-state index is 13.3. The van der Waals surface area contributed by atoms with Gasteiger partial charge in [-0.05, 0) is 35.5 Å². The number of amides is 1. The van der Waals surface area contributed by atoms with Crippen LogP contribution in [0.5, 0.6) is 0 Å². The van der Waals surface area contributed by atoms with E-state index in [2.05, 4.69) is 15.5 Å². The van der Waals surface area contributed by atoms with Gasteiger partial charge in [-0.15, -0.1) is 5.10 Å². The Morgan fingerprint density at radius 1 is 1.38 bits per heavy atom. The molecule has 0 saturated carbocycles. The molecule has 7 nitrogen and oxygen atoms in total. The Labute approximate surface area is 135 Å². The summed E-state index contributed by atoms with van der Waals surface area (Å²) in [4.78, 5) is 13.4. The molecule has 24 heavy (non-hydrogen) atoms. The molecule has 3 rings (SSSR count). The van der Waals surface area contributed by atoms with Gasteiger partial charge in [0, 0.05) is 12.1 Å². The summed E-state index contributed by atoms with van der Waals surface area (Å²) in [6, 6.07) is 4.15. The summed E-state index contributed by atoms with van der Waals surface area (Å²) in [7, 11) is 0. The van der Waals surface area contributed by atoms with Crippen molar-refractivity contribution in [1.29, 1.82) is 0 Å². The topological polar surface area (TPSA) is 73.1 Å². The van der Waals surface area contributed by atoms with E-state index in [1.165, 1.54) is 30.1 Å². The first-order valence-corrected chi connectivity index (χ1v) is 7.20. The van der Waals surface area contributed by atoms with Gasteiger partial charge in [0.1, 0.15) is 6.33 Å². The number of ether oxygens (including phenoxy) is 1. The van der Waals surface area contributed by atoms with Crippen LogP contribution in [0.25, 0.3) is 5.69 Å². The lowest BCUT2D eigenvalue weighted by molar-refractivity contribution is -0.220. The number of halogens is 3. The number of hydrogen-bond donors (Lipinski definition) is 0. The van der Waals surface area contributed by atoms with Crippen molar-refractivity contribution in [2.45, 2.75) is 25.2 Å². The van der Waals surface area contributed by atoms with Crippen molar-refractivity contribution in [3.63, 3.8) is 0 Å². The zero-order chi connectivity index (χ0) is 17.3. The van der Waals surface area contributed by atoms with Crippen LogP contribution in [0.2, 0.25) is 0 Å². The maximum Gasteiger partial charge on any atom is 0.411 e. The molecule has 0 bridgehead atoms. The summed E-state index contributed by atoms with van der Waals surface area (Å²) in [6.45, 7) is 1.25. The van der Waals surface area contributed by atoms with Crippen molar-refractivity contribution in [2.75, 3.05) is 13.2 Å². The molecular weight excluding hydrogens is 327 g/mol. The van der Waals surface area contributed by atoms with Crippen LogP contribution in [0.4, 0.5) is 13.2 Å². The van der Waals surface area contributed by atoms with E-state index in [0.717, 1.165) is 4.90 Å². The Balaban J connectivity index is 1.91. The Bertz CT molecular complexity index is 719. The minimum atomic E-state index is -4.57. The molecule has 1 aromatic carbocycles. The highest BCUT2D eigenvalue weighted by molar-refractivity contribution is 5.95. The molecule has 0 unspecified atom stereocenters. The number of rotatable bonds is 2. The predicted octanol–water partition coefficient (Wildman–Crippen LogP) is 1.45. The highest BCUT2D eigenvalue weighted by Crippen LogP contribution is 2.31. The Morgan fingerprint density at radius 3 is 2.83 bits per heavy atom. The van der Waals surface area contributed by atoms with E-state index in [1.807, 2.05) is 0 Å². The quantitative estimate of drug-likeness (QED) is 0.827.